The minimum absolute atomic E-state index is 0.0558. The number of pyridine rings is 1. The minimum atomic E-state index is -0.119. The van der Waals surface area contributed by atoms with Gasteiger partial charge in [-0.05, 0) is 43.5 Å². The third-order valence-corrected chi connectivity index (χ3v) is 8.15. The van der Waals surface area contributed by atoms with E-state index in [1.807, 2.05) is 81.4 Å². The third-order valence-electron chi connectivity index (χ3n) is 8.15. The summed E-state index contributed by atoms with van der Waals surface area (Å²) in [7, 11) is 0. The number of benzene rings is 1. The summed E-state index contributed by atoms with van der Waals surface area (Å²) in [5.74, 6) is 0.279. The second-order valence-corrected chi connectivity index (χ2v) is 10.6. The number of carbonyl (C=O) groups excluding carboxylic acids is 2. The molecule has 37 heavy (non-hydrogen) atoms. The fraction of sp³-hybridized carbons (Fsp3) is 0.367. The molecule has 7 heteroatoms. The zero-order valence-corrected chi connectivity index (χ0v) is 21.3. The molecule has 2 aliphatic rings. The van der Waals surface area contributed by atoms with E-state index in [0.29, 0.717) is 5.56 Å². The fourth-order valence-corrected chi connectivity index (χ4v) is 5.99. The van der Waals surface area contributed by atoms with Crippen molar-refractivity contribution >= 4 is 22.8 Å². The third kappa shape index (κ3) is 4.32. The number of nitrogens with one attached hydrogen (secondary N) is 1. The Hall–Kier alpha value is -3.87. The number of H-pyrrole nitrogens is 1. The SMILES string of the molecule is CCCC(C(=O)N1CCC2(CC1)CN(C(=O)c1c[nH]c3nc(-c4ccccc4)ccc13)C2)n1cccc1. The first-order valence-electron chi connectivity index (χ1n) is 13.3. The average molecular weight is 496 g/mol. The van der Waals surface area contributed by atoms with Crippen LogP contribution in [0.5, 0.6) is 0 Å². The summed E-state index contributed by atoms with van der Waals surface area (Å²) in [5, 5.41) is 0.859. The van der Waals surface area contributed by atoms with Crippen LogP contribution in [-0.4, -0.2) is 62.3 Å². The largest absolute Gasteiger partial charge is 0.345 e. The highest BCUT2D eigenvalue weighted by Crippen LogP contribution is 2.42. The Morgan fingerprint density at radius 1 is 0.973 bits per heavy atom. The van der Waals surface area contributed by atoms with E-state index in [0.717, 1.165) is 74.2 Å². The van der Waals surface area contributed by atoms with E-state index in [2.05, 4.69) is 11.9 Å². The number of fused-ring (bicyclic) bond motifs is 1. The summed E-state index contributed by atoms with van der Waals surface area (Å²) in [5.41, 5.74) is 3.48. The summed E-state index contributed by atoms with van der Waals surface area (Å²) in [4.78, 5) is 38.6. The minimum Gasteiger partial charge on any atom is -0.345 e. The fourth-order valence-electron chi connectivity index (χ4n) is 5.99. The van der Waals surface area contributed by atoms with Crippen LogP contribution in [-0.2, 0) is 4.79 Å². The molecule has 5 heterocycles. The Bertz CT molecular complexity index is 1390. The van der Waals surface area contributed by atoms with E-state index in [1.165, 1.54) is 0 Å². The van der Waals surface area contributed by atoms with E-state index in [4.69, 9.17) is 4.98 Å². The van der Waals surface area contributed by atoms with Crippen molar-refractivity contribution in [1.29, 1.82) is 0 Å². The molecule has 7 nitrogen and oxygen atoms in total. The molecule has 4 aromatic rings. The Balaban J connectivity index is 1.08. The summed E-state index contributed by atoms with van der Waals surface area (Å²) in [6.45, 7) is 5.17. The number of likely N-dealkylation sites (tertiary alicyclic amines) is 2. The first-order valence-corrected chi connectivity index (χ1v) is 13.3. The maximum absolute atomic E-state index is 13.4. The lowest BCUT2D eigenvalue weighted by Gasteiger charge is -2.54. The molecular formula is C30H33N5O2. The lowest BCUT2D eigenvalue weighted by atomic mass is 9.71. The van der Waals surface area contributed by atoms with Gasteiger partial charge < -0.3 is 19.4 Å². The van der Waals surface area contributed by atoms with Gasteiger partial charge in [0.25, 0.3) is 5.91 Å². The normalized spacial score (nSPS) is 17.6. The first-order chi connectivity index (χ1) is 18.1. The number of hydrogen-bond acceptors (Lipinski definition) is 3. The molecule has 0 aliphatic carbocycles. The molecule has 0 radical (unpaired) electrons. The molecule has 0 saturated carbocycles. The highest BCUT2D eigenvalue weighted by Gasteiger charge is 2.48. The van der Waals surface area contributed by atoms with Gasteiger partial charge in [-0.15, -0.1) is 0 Å². The van der Waals surface area contributed by atoms with Gasteiger partial charge in [0.2, 0.25) is 5.91 Å². The molecule has 2 amide bonds. The second-order valence-electron chi connectivity index (χ2n) is 10.6. The van der Waals surface area contributed by atoms with Gasteiger partial charge in [-0.1, -0.05) is 43.7 Å². The maximum atomic E-state index is 13.4. The number of carbonyl (C=O) groups is 2. The van der Waals surface area contributed by atoms with Gasteiger partial charge in [-0.3, -0.25) is 9.59 Å². The maximum Gasteiger partial charge on any atom is 0.256 e. The Kier molecular flexibility index (Phi) is 6.07. The predicted octanol–water partition coefficient (Wildman–Crippen LogP) is 5.14. The first kappa shape index (κ1) is 23.5. The van der Waals surface area contributed by atoms with E-state index in [-0.39, 0.29) is 23.3 Å². The van der Waals surface area contributed by atoms with E-state index in [1.54, 1.807) is 6.20 Å². The second kappa shape index (κ2) is 9.54. The molecular weight excluding hydrogens is 462 g/mol. The lowest BCUT2D eigenvalue weighted by molar-refractivity contribution is -0.139. The van der Waals surface area contributed by atoms with Crippen molar-refractivity contribution in [3.8, 4) is 11.3 Å². The predicted molar refractivity (Wildman–Crippen MR) is 144 cm³/mol. The van der Waals surface area contributed by atoms with Crippen molar-refractivity contribution in [3.63, 3.8) is 0 Å². The molecule has 2 fully saturated rings. The van der Waals surface area contributed by atoms with Crippen LogP contribution in [0.4, 0.5) is 0 Å². The van der Waals surface area contributed by atoms with Crippen LogP contribution >= 0.6 is 0 Å². The van der Waals surface area contributed by atoms with Gasteiger partial charge in [-0.2, -0.15) is 0 Å². The quantitative estimate of drug-likeness (QED) is 0.403. The molecule has 1 aromatic carbocycles. The van der Waals surface area contributed by atoms with Gasteiger partial charge in [0, 0.05) is 61.1 Å². The highest BCUT2D eigenvalue weighted by molar-refractivity contribution is 6.06. The Labute approximate surface area is 217 Å². The van der Waals surface area contributed by atoms with Crippen molar-refractivity contribution in [2.75, 3.05) is 26.2 Å². The smallest absolute Gasteiger partial charge is 0.256 e. The van der Waals surface area contributed by atoms with Crippen molar-refractivity contribution < 1.29 is 9.59 Å². The lowest BCUT2D eigenvalue weighted by Crippen LogP contribution is -2.62. The van der Waals surface area contributed by atoms with Gasteiger partial charge in [0.15, 0.2) is 0 Å². The molecule has 1 N–H and O–H groups in total. The van der Waals surface area contributed by atoms with Crippen LogP contribution in [0, 0.1) is 5.41 Å². The topological polar surface area (TPSA) is 74.2 Å². The molecule has 2 saturated heterocycles. The van der Waals surface area contributed by atoms with Crippen molar-refractivity contribution in [2.24, 2.45) is 5.41 Å². The molecule has 0 bridgehead atoms. The van der Waals surface area contributed by atoms with E-state index >= 15 is 0 Å². The summed E-state index contributed by atoms with van der Waals surface area (Å²) < 4.78 is 2.04. The van der Waals surface area contributed by atoms with E-state index < -0.39 is 0 Å². The number of rotatable bonds is 6. The summed E-state index contributed by atoms with van der Waals surface area (Å²) >= 11 is 0. The van der Waals surface area contributed by atoms with Crippen LogP contribution in [0.1, 0.15) is 49.0 Å². The zero-order valence-electron chi connectivity index (χ0n) is 21.3. The number of aromatic nitrogens is 3. The molecule has 190 valence electrons. The molecule has 6 rings (SSSR count). The van der Waals surface area contributed by atoms with Crippen LogP contribution in [0.25, 0.3) is 22.3 Å². The van der Waals surface area contributed by atoms with Crippen molar-refractivity contribution in [1.82, 2.24) is 24.3 Å². The monoisotopic (exact) mass is 495 g/mol. The number of hydrogen-bond donors (Lipinski definition) is 1. The molecule has 2 aliphatic heterocycles. The van der Waals surface area contributed by atoms with Gasteiger partial charge >= 0.3 is 0 Å². The Morgan fingerprint density at radius 3 is 2.41 bits per heavy atom. The van der Waals surface area contributed by atoms with Crippen molar-refractivity contribution in [3.05, 3.63) is 78.8 Å². The standard InChI is InChI=1S/C30H33N5O2/c1-2-8-26(33-15-6-7-16-33)29(37)34-17-13-30(14-18-34)20-35(21-30)28(36)24-19-31-27-23(24)11-12-25(32-27)22-9-4-3-5-10-22/h3-7,9-12,15-16,19,26H,2,8,13-14,17-18,20-21H2,1H3,(H,31,32). The molecule has 1 atom stereocenters. The number of amides is 2. The molecule has 1 spiro atoms. The number of nitrogens with zero attached hydrogens (tertiary/aromatic N) is 4. The van der Waals surface area contributed by atoms with Crippen LogP contribution in [0.2, 0.25) is 0 Å². The number of aromatic amines is 1. The van der Waals surface area contributed by atoms with Gasteiger partial charge in [-0.25, -0.2) is 4.98 Å². The summed E-state index contributed by atoms with van der Waals surface area (Å²) in [6, 6.07) is 17.9. The molecule has 1 unspecified atom stereocenters. The van der Waals surface area contributed by atoms with Crippen LogP contribution in [0.3, 0.4) is 0 Å². The Morgan fingerprint density at radius 2 is 1.70 bits per heavy atom. The summed E-state index contributed by atoms with van der Waals surface area (Å²) in [6.07, 6.45) is 9.48. The zero-order chi connectivity index (χ0) is 25.4. The molecule has 3 aromatic heterocycles. The van der Waals surface area contributed by atoms with E-state index in [9.17, 15) is 9.59 Å². The number of piperidine rings is 1. The van der Waals surface area contributed by atoms with Crippen molar-refractivity contribution in [2.45, 2.75) is 38.6 Å². The average Bonchev–Trinajstić information content (AvgIpc) is 3.60. The van der Waals surface area contributed by atoms with Gasteiger partial charge in [0.1, 0.15) is 11.7 Å². The van der Waals surface area contributed by atoms with Crippen LogP contribution < -0.4 is 0 Å². The van der Waals surface area contributed by atoms with Crippen LogP contribution in [0.15, 0.2) is 73.2 Å². The van der Waals surface area contributed by atoms with Gasteiger partial charge in [0.05, 0.1) is 11.3 Å². The highest BCUT2D eigenvalue weighted by atomic mass is 16.2.